The summed E-state index contributed by atoms with van der Waals surface area (Å²) in [6.45, 7) is 9.93. The average molecular weight is 334 g/mol. The Bertz CT molecular complexity index is 353. The third-order valence-electron chi connectivity index (χ3n) is 2.02. The van der Waals surface area contributed by atoms with Crippen molar-refractivity contribution in [2.24, 2.45) is 0 Å². The predicted octanol–water partition coefficient (Wildman–Crippen LogP) is 4.27. The Morgan fingerprint density at radius 1 is 0.938 bits per heavy atom. The SMILES string of the molecule is CC(C)(C)OOC(C)(C)c1ccccc1I. The minimum Gasteiger partial charge on any atom is -0.230 e. The normalized spacial score (nSPS) is 12.9. The first-order valence-electron chi connectivity index (χ1n) is 5.34. The maximum Gasteiger partial charge on any atom is 0.124 e. The molecule has 1 aromatic carbocycles. The topological polar surface area (TPSA) is 18.5 Å². The molecule has 0 fully saturated rings. The number of halogens is 1. The van der Waals surface area contributed by atoms with Gasteiger partial charge in [-0.2, -0.15) is 0 Å². The molecule has 0 N–H and O–H groups in total. The van der Waals surface area contributed by atoms with E-state index in [0.29, 0.717) is 0 Å². The second-order valence-corrected chi connectivity index (χ2v) is 6.43. The quantitative estimate of drug-likeness (QED) is 0.467. The van der Waals surface area contributed by atoms with Crippen LogP contribution >= 0.6 is 22.6 Å². The Kier molecular flexibility index (Phi) is 4.37. The van der Waals surface area contributed by atoms with Crippen LogP contribution in [0.25, 0.3) is 0 Å². The van der Waals surface area contributed by atoms with Crippen molar-refractivity contribution in [2.45, 2.75) is 45.8 Å². The summed E-state index contributed by atoms with van der Waals surface area (Å²) in [5, 5.41) is 0. The van der Waals surface area contributed by atoms with Crippen molar-refractivity contribution in [1.29, 1.82) is 0 Å². The van der Waals surface area contributed by atoms with Crippen LogP contribution in [0.15, 0.2) is 24.3 Å². The van der Waals surface area contributed by atoms with Crippen molar-refractivity contribution >= 4 is 22.6 Å². The summed E-state index contributed by atoms with van der Waals surface area (Å²) in [5.74, 6) is 0. The van der Waals surface area contributed by atoms with Crippen LogP contribution in [-0.4, -0.2) is 5.60 Å². The van der Waals surface area contributed by atoms with Gasteiger partial charge in [-0.25, -0.2) is 9.78 Å². The zero-order valence-corrected chi connectivity index (χ0v) is 12.7. The van der Waals surface area contributed by atoms with E-state index >= 15 is 0 Å². The Morgan fingerprint density at radius 2 is 1.50 bits per heavy atom. The molecule has 0 aliphatic heterocycles. The summed E-state index contributed by atoms with van der Waals surface area (Å²) in [5.41, 5.74) is 0.405. The highest BCUT2D eigenvalue weighted by Gasteiger charge is 2.27. The van der Waals surface area contributed by atoms with E-state index in [1.165, 1.54) is 3.57 Å². The molecule has 0 saturated carbocycles. The number of benzene rings is 1. The van der Waals surface area contributed by atoms with Gasteiger partial charge in [0.25, 0.3) is 0 Å². The number of rotatable bonds is 3. The Hall–Kier alpha value is -0.130. The average Bonchev–Trinajstić information content (AvgIpc) is 2.14. The number of hydrogen-bond acceptors (Lipinski definition) is 2. The van der Waals surface area contributed by atoms with Crippen LogP contribution in [0.1, 0.15) is 40.2 Å². The first-order chi connectivity index (χ1) is 7.22. The van der Waals surface area contributed by atoms with Crippen molar-refractivity contribution in [3.8, 4) is 0 Å². The maximum absolute atomic E-state index is 5.56. The minimum absolute atomic E-state index is 0.294. The molecule has 0 saturated heterocycles. The molecule has 16 heavy (non-hydrogen) atoms. The van der Waals surface area contributed by atoms with Gasteiger partial charge in [0.05, 0.1) is 5.60 Å². The summed E-state index contributed by atoms with van der Waals surface area (Å²) in [7, 11) is 0. The van der Waals surface area contributed by atoms with Crippen LogP contribution < -0.4 is 0 Å². The van der Waals surface area contributed by atoms with Gasteiger partial charge in [-0.1, -0.05) is 18.2 Å². The van der Waals surface area contributed by atoms with Crippen molar-refractivity contribution < 1.29 is 9.78 Å². The van der Waals surface area contributed by atoms with Crippen LogP contribution in [0.3, 0.4) is 0 Å². The Balaban J connectivity index is 2.82. The van der Waals surface area contributed by atoms with Gasteiger partial charge in [0.2, 0.25) is 0 Å². The van der Waals surface area contributed by atoms with Crippen LogP contribution in [0.4, 0.5) is 0 Å². The zero-order valence-electron chi connectivity index (χ0n) is 10.5. The fourth-order valence-corrected chi connectivity index (χ4v) is 2.26. The van der Waals surface area contributed by atoms with Gasteiger partial charge in [-0.05, 0) is 68.8 Å². The monoisotopic (exact) mass is 334 g/mol. The van der Waals surface area contributed by atoms with E-state index in [-0.39, 0.29) is 5.60 Å². The molecule has 1 aromatic rings. The lowest BCUT2D eigenvalue weighted by atomic mass is 9.99. The van der Waals surface area contributed by atoms with Crippen LogP contribution in [0.2, 0.25) is 0 Å². The van der Waals surface area contributed by atoms with Crippen molar-refractivity contribution in [3.05, 3.63) is 33.4 Å². The summed E-state index contributed by atoms with van der Waals surface area (Å²) < 4.78 is 1.18. The maximum atomic E-state index is 5.56. The van der Waals surface area contributed by atoms with Gasteiger partial charge in [0.15, 0.2) is 0 Å². The molecule has 3 heteroatoms. The van der Waals surface area contributed by atoms with Crippen LogP contribution in [0.5, 0.6) is 0 Å². The van der Waals surface area contributed by atoms with Gasteiger partial charge >= 0.3 is 0 Å². The third kappa shape index (κ3) is 4.03. The zero-order chi connectivity index (χ0) is 12.4. The molecule has 0 unspecified atom stereocenters. The Morgan fingerprint density at radius 3 is 2.00 bits per heavy atom. The molecule has 0 spiro atoms. The molecular formula is C13H19IO2. The lowest BCUT2D eigenvalue weighted by Gasteiger charge is -2.29. The smallest absolute Gasteiger partial charge is 0.124 e. The van der Waals surface area contributed by atoms with Crippen molar-refractivity contribution in [1.82, 2.24) is 0 Å². The van der Waals surface area contributed by atoms with Gasteiger partial charge in [-0.15, -0.1) is 0 Å². The summed E-state index contributed by atoms with van der Waals surface area (Å²) in [6.07, 6.45) is 0. The summed E-state index contributed by atoms with van der Waals surface area (Å²) >= 11 is 2.31. The molecule has 1 rings (SSSR count). The second-order valence-electron chi connectivity index (χ2n) is 5.27. The highest BCUT2D eigenvalue weighted by atomic mass is 127. The summed E-state index contributed by atoms with van der Waals surface area (Å²) in [4.78, 5) is 11.0. The summed E-state index contributed by atoms with van der Waals surface area (Å²) in [6, 6.07) is 8.16. The fraction of sp³-hybridized carbons (Fsp3) is 0.538. The molecule has 0 aliphatic carbocycles. The minimum atomic E-state index is -0.439. The molecule has 0 heterocycles. The molecule has 0 bridgehead atoms. The molecule has 90 valence electrons. The van der Waals surface area contributed by atoms with E-state index in [1.807, 2.05) is 46.8 Å². The molecule has 0 aliphatic rings. The predicted molar refractivity (Wildman–Crippen MR) is 74.1 cm³/mol. The molecule has 0 radical (unpaired) electrons. The van der Waals surface area contributed by atoms with Gasteiger partial charge in [-0.3, -0.25) is 0 Å². The van der Waals surface area contributed by atoms with Gasteiger partial charge < -0.3 is 0 Å². The molecule has 0 atom stereocenters. The van der Waals surface area contributed by atoms with E-state index in [4.69, 9.17) is 9.78 Å². The van der Waals surface area contributed by atoms with E-state index < -0.39 is 5.60 Å². The second kappa shape index (κ2) is 5.02. The van der Waals surface area contributed by atoms with Crippen LogP contribution in [-0.2, 0) is 15.4 Å². The lowest BCUT2D eigenvalue weighted by molar-refractivity contribution is -0.401. The molecule has 0 aromatic heterocycles. The third-order valence-corrected chi connectivity index (χ3v) is 2.96. The standard InChI is InChI=1S/C13H19IO2/c1-12(2,3)15-16-13(4,5)10-8-6-7-9-11(10)14/h6-9H,1-5H3. The van der Waals surface area contributed by atoms with Crippen LogP contribution in [0, 0.1) is 3.57 Å². The van der Waals surface area contributed by atoms with E-state index in [1.54, 1.807) is 0 Å². The fourth-order valence-electron chi connectivity index (χ4n) is 1.22. The molecule has 0 amide bonds. The van der Waals surface area contributed by atoms with Gasteiger partial charge in [0.1, 0.15) is 5.60 Å². The lowest BCUT2D eigenvalue weighted by Crippen LogP contribution is -2.29. The first-order valence-corrected chi connectivity index (χ1v) is 6.42. The Labute approximate surface area is 111 Å². The molecule has 2 nitrogen and oxygen atoms in total. The van der Waals surface area contributed by atoms with E-state index in [2.05, 4.69) is 34.7 Å². The van der Waals surface area contributed by atoms with Gasteiger partial charge in [0, 0.05) is 3.57 Å². The highest BCUT2D eigenvalue weighted by molar-refractivity contribution is 14.1. The largest absolute Gasteiger partial charge is 0.230 e. The van der Waals surface area contributed by atoms with Crippen molar-refractivity contribution in [3.63, 3.8) is 0 Å². The highest BCUT2D eigenvalue weighted by Crippen LogP contribution is 2.30. The van der Waals surface area contributed by atoms with E-state index in [9.17, 15) is 0 Å². The molecular weight excluding hydrogens is 315 g/mol. The van der Waals surface area contributed by atoms with E-state index in [0.717, 1.165) is 5.56 Å². The number of hydrogen-bond donors (Lipinski definition) is 0. The van der Waals surface area contributed by atoms with Crippen molar-refractivity contribution in [2.75, 3.05) is 0 Å². The first kappa shape index (κ1) is 13.9.